The van der Waals surface area contributed by atoms with Crippen LogP contribution in [0.25, 0.3) is 0 Å². The highest BCUT2D eigenvalue weighted by molar-refractivity contribution is 9.10. The lowest BCUT2D eigenvalue weighted by molar-refractivity contribution is 0.252. The second-order valence-corrected chi connectivity index (χ2v) is 7.30. The number of hydrogen-bond acceptors (Lipinski definition) is 4. The van der Waals surface area contributed by atoms with Gasteiger partial charge in [-0.2, -0.15) is 5.10 Å². The molecule has 7 heteroatoms. The quantitative estimate of drug-likeness (QED) is 0.355. The Balaban J connectivity index is 1.64. The van der Waals surface area contributed by atoms with Crippen LogP contribution in [0.3, 0.4) is 0 Å². The molecule has 0 aliphatic heterocycles. The zero-order chi connectivity index (χ0) is 21.3. The number of carbonyl (C=O) groups excluding carboxylic acids is 1. The first-order chi connectivity index (χ1) is 14.6. The third-order valence-electron chi connectivity index (χ3n) is 4.25. The maximum Gasteiger partial charge on any atom is 0.339 e. The first kappa shape index (κ1) is 21.4. The molecule has 2 amide bonds. The molecule has 2 N–H and O–H groups in total. The Morgan fingerprint density at radius 1 is 1.10 bits per heavy atom. The third-order valence-corrected chi connectivity index (χ3v) is 4.84. The first-order valence-electron chi connectivity index (χ1n) is 9.27. The number of amides is 2. The maximum atomic E-state index is 12.0. The summed E-state index contributed by atoms with van der Waals surface area (Å²) in [5.74, 6) is 1.16. The summed E-state index contributed by atoms with van der Waals surface area (Å²) in [4.78, 5) is 12.0. The van der Waals surface area contributed by atoms with Crippen LogP contribution in [0.15, 0.2) is 76.3 Å². The van der Waals surface area contributed by atoms with Crippen LogP contribution in [0.4, 0.5) is 10.5 Å². The number of halogens is 1. The number of nitrogens with one attached hydrogen (secondary N) is 2. The summed E-state index contributed by atoms with van der Waals surface area (Å²) >= 11 is 3.52. The molecule has 0 aromatic heterocycles. The molecule has 3 rings (SSSR count). The average molecular weight is 468 g/mol. The molecule has 0 aliphatic carbocycles. The van der Waals surface area contributed by atoms with Gasteiger partial charge in [0, 0.05) is 5.69 Å². The molecule has 30 heavy (non-hydrogen) atoms. The molecule has 0 heterocycles. The van der Waals surface area contributed by atoms with E-state index in [-0.39, 0.29) is 0 Å². The Morgan fingerprint density at radius 2 is 1.83 bits per heavy atom. The molecule has 0 saturated carbocycles. The van der Waals surface area contributed by atoms with Crippen molar-refractivity contribution in [2.45, 2.75) is 13.5 Å². The highest BCUT2D eigenvalue weighted by Crippen LogP contribution is 2.36. The molecule has 0 atom stereocenters. The number of hydrazone groups is 1. The van der Waals surface area contributed by atoms with E-state index >= 15 is 0 Å². The average Bonchev–Trinajstić information content (AvgIpc) is 2.75. The van der Waals surface area contributed by atoms with E-state index in [1.165, 1.54) is 6.21 Å². The van der Waals surface area contributed by atoms with Gasteiger partial charge in [-0.1, -0.05) is 48.5 Å². The number of methoxy groups -OCH3 is 1. The molecule has 0 spiro atoms. The first-order valence-corrected chi connectivity index (χ1v) is 10.1. The molecule has 0 fully saturated rings. The molecule has 3 aromatic carbocycles. The summed E-state index contributed by atoms with van der Waals surface area (Å²) in [6.45, 7) is 2.34. The summed E-state index contributed by atoms with van der Waals surface area (Å²) < 4.78 is 12.1. The van der Waals surface area contributed by atoms with E-state index in [9.17, 15) is 4.79 Å². The van der Waals surface area contributed by atoms with E-state index in [1.54, 1.807) is 13.2 Å². The zero-order valence-corrected chi connectivity index (χ0v) is 18.3. The zero-order valence-electron chi connectivity index (χ0n) is 16.7. The van der Waals surface area contributed by atoms with E-state index < -0.39 is 6.03 Å². The minimum absolute atomic E-state index is 0.421. The van der Waals surface area contributed by atoms with Crippen molar-refractivity contribution in [3.05, 3.63) is 87.9 Å². The van der Waals surface area contributed by atoms with Crippen LogP contribution in [0.2, 0.25) is 0 Å². The Hall–Kier alpha value is -3.32. The van der Waals surface area contributed by atoms with Gasteiger partial charge >= 0.3 is 6.03 Å². The summed E-state index contributed by atoms with van der Waals surface area (Å²) in [6, 6.07) is 20.6. The lowest BCUT2D eigenvalue weighted by Gasteiger charge is -2.13. The fourth-order valence-corrected chi connectivity index (χ4v) is 3.29. The molecule has 0 unspecified atom stereocenters. The number of carbonyl (C=O) groups is 1. The predicted octanol–water partition coefficient (Wildman–Crippen LogP) is 5.50. The number of anilines is 1. The smallest absolute Gasteiger partial charge is 0.339 e. The Kier molecular flexibility index (Phi) is 7.45. The fourth-order valence-electron chi connectivity index (χ4n) is 2.71. The molecule has 154 valence electrons. The Labute approximate surface area is 184 Å². The predicted molar refractivity (Wildman–Crippen MR) is 122 cm³/mol. The van der Waals surface area contributed by atoms with Crippen LogP contribution in [0, 0.1) is 6.92 Å². The van der Waals surface area contributed by atoms with Crippen LogP contribution >= 0.6 is 15.9 Å². The van der Waals surface area contributed by atoms with Crippen molar-refractivity contribution in [3.63, 3.8) is 0 Å². The molecule has 0 aliphatic rings. The van der Waals surface area contributed by atoms with Crippen LogP contribution in [0.1, 0.15) is 16.7 Å². The molecule has 0 saturated heterocycles. The third kappa shape index (κ3) is 5.84. The Bertz CT molecular complexity index is 1040. The highest BCUT2D eigenvalue weighted by Gasteiger charge is 2.11. The number of benzene rings is 3. The number of aryl methyl sites for hydroxylation is 1. The van der Waals surface area contributed by atoms with Crippen LogP contribution < -0.4 is 20.2 Å². The number of rotatable bonds is 7. The number of para-hydroxylation sites is 1. The van der Waals surface area contributed by atoms with Gasteiger partial charge < -0.3 is 14.8 Å². The van der Waals surface area contributed by atoms with Gasteiger partial charge in [-0.05, 0) is 57.7 Å². The van der Waals surface area contributed by atoms with Gasteiger partial charge in [0.2, 0.25) is 0 Å². The summed E-state index contributed by atoms with van der Waals surface area (Å²) in [5, 5.41) is 6.76. The standard InChI is InChI=1S/C23H22BrN3O3/c1-16-8-6-7-11-20(16)26-23(28)27-25-14-18-12-19(24)22(21(13-18)29-2)30-15-17-9-4-3-5-10-17/h3-14H,15H2,1-2H3,(H2,26,27,28). The largest absolute Gasteiger partial charge is 0.493 e. The fraction of sp³-hybridized carbons (Fsp3) is 0.130. The van der Waals surface area contributed by atoms with E-state index in [0.717, 1.165) is 26.9 Å². The van der Waals surface area contributed by atoms with Crippen molar-refractivity contribution in [1.82, 2.24) is 5.43 Å². The highest BCUT2D eigenvalue weighted by atomic mass is 79.9. The van der Waals surface area contributed by atoms with Crippen LogP contribution in [-0.2, 0) is 6.61 Å². The van der Waals surface area contributed by atoms with Gasteiger partial charge in [0.15, 0.2) is 11.5 Å². The van der Waals surface area contributed by atoms with Crippen molar-refractivity contribution in [3.8, 4) is 11.5 Å². The minimum atomic E-state index is -0.422. The van der Waals surface area contributed by atoms with Gasteiger partial charge in [0.1, 0.15) is 6.61 Å². The number of nitrogens with zero attached hydrogens (tertiary/aromatic N) is 1. The summed E-state index contributed by atoms with van der Waals surface area (Å²) in [6.07, 6.45) is 1.53. The molecular weight excluding hydrogens is 446 g/mol. The van der Waals surface area contributed by atoms with E-state index in [2.05, 4.69) is 31.8 Å². The van der Waals surface area contributed by atoms with Gasteiger partial charge in [-0.3, -0.25) is 0 Å². The second kappa shape index (κ2) is 10.5. The summed E-state index contributed by atoms with van der Waals surface area (Å²) in [5.41, 5.74) is 5.95. The van der Waals surface area contributed by atoms with Crippen molar-refractivity contribution in [2.75, 3.05) is 12.4 Å². The second-order valence-electron chi connectivity index (χ2n) is 6.45. The lowest BCUT2D eigenvalue weighted by Crippen LogP contribution is -2.24. The summed E-state index contributed by atoms with van der Waals surface area (Å²) in [7, 11) is 1.58. The van der Waals surface area contributed by atoms with Crippen molar-refractivity contribution >= 4 is 33.9 Å². The van der Waals surface area contributed by atoms with Crippen molar-refractivity contribution < 1.29 is 14.3 Å². The lowest BCUT2D eigenvalue weighted by atomic mass is 10.2. The molecule has 6 nitrogen and oxygen atoms in total. The van der Waals surface area contributed by atoms with Gasteiger partial charge in [-0.25, -0.2) is 10.2 Å². The van der Waals surface area contributed by atoms with Crippen molar-refractivity contribution in [2.24, 2.45) is 5.10 Å². The monoisotopic (exact) mass is 467 g/mol. The number of ether oxygens (including phenoxy) is 2. The van der Waals surface area contributed by atoms with Crippen LogP contribution in [0.5, 0.6) is 11.5 Å². The van der Waals surface area contributed by atoms with Crippen molar-refractivity contribution in [1.29, 1.82) is 0 Å². The van der Waals surface area contributed by atoms with E-state index in [1.807, 2.05) is 67.6 Å². The molecule has 3 aromatic rings. The number of hydrogen-bond donors (Lipinski definition) is 2. The van der Waals surface area contributed by atoms with Gasteiger partial charge in [0.05, 0.1) is 17.8 Å². The van der Waals surface area contributed by atoms with Gasteiger partial charge in [-0.15, -0.1) is 0 Å². The SMILES string of the molecule is COc1cc(C=NNC(=O)Nc2ccccc2C)cc(Br)c1OCc1ccccc1. The normalized spacial score (nSPS) is 10.6. The molecule has 0 radical (unpaired) electrons. The Morgan fingerprint density at radius 3 is 2.57 bits per heavy atom. The molecular formula is C23H22BrN3O3. The van der Waals surface area contributed by atoms with E-state index in [4.69, 9.17) is 9.47 Å². The topological polar surface area (TPSA) is 72.0 Å². The van der Waals surface area contributed by atoms with E-state index in [0.29, 0.717) is 18.1 Å². The van der Waals surface area contributed by atoms with Gasteiger partial charge in [0.25, 0.3) is 0 Å². The van der Waals surface area contributed by atoms with Crippen LogP contribution in [-0.4, -0.2) is 19.4 Å². The maximum absolute atomic E-state index is 12.0. The number of urea groups is 1. The minimum Gasteiger partial charge on any atom is -0.493 e. The molecule has 0 bridgehead atoms.